The molecule has 1 aromatic carbocycles. The van der Waals surface area contributed by atoms with Crippen LogP contribution in [0.25, 0.3) is 10.9 Å². The number of aromatic amines is 1. The van der Waals surface area contributed by atoms with Crippen LogP contribution in [0.15, 0.2) is 35.3 Å². The van der Waals surface area contributed by atoms with E-state index >= 15 is 0 Å². The molecule has 3 rings (SSSR count). The molecule has 1 saturated heterocycles. The SMILES string of the molecule is CN=C(NCc1cc2ccccc2[nH]1)NCC(C)(C)N1CCOCC1.I. The third-order valence-electron chi connectivity index (χ3n) is 4.81. The molecule has 0 amide bonds. The van der Waals surface area contributed by atoms with Gasteiger partial charge >= 0.3 is 0 Å². The normalized spacial score (nSPS) is 16.3. The van der Waals surface area contributed by atoms with Crippen molar-refractivity contribution >= 4 is 40.8 Å². The summed E-state index contributed by atoms with van der Waals surface area (Å²) in [6.45, 7) is 9.66. The highest BCUT2D eigenvalue weighted by Gasteiger charge is 2.28. The molecule has 1 aromatic heterocycles. The number of morpholine rings is 1. The molecule has 1 aliphatic rings. The summed E-state index contributed by atoms with van der Waals surface area (Å²) in [5.41, 5.74) is 2.37. The average molecular weight is 471 g/mol. The van der Waals surface area contributed by atoms with Crippen LogP contribution >= 0.6 is 24.0 Å². The van der Waals surface area contributed by atoms with Crippen molar-refractivity contribution in [2.75, 3.05) is 39.9 Å². The molecular weight excluding hydrogens is 441 g/mol. The lowest BCUT2D eigenvalue weighted by molar-refractivity contribution is -0.00834. The molecule has 0 saturated carbocycles. The van der Waals surface area contributed by atoms with Gasteiger partial charge in [0.15, 0.2) is 5.96 Å². The maximum atomic E-state index is 5.45. The van der Waals surface area contributed by atoms with Gasteiger partial charge in [0.2, 0.25) is 0 Å². The predicted octanol–water partition coefficient (Wildman–Crippen LogP) is 2.56. The van der Waals surface area contributed by atoms with Gasteiger partial charge in [-0.15, -0.1) is 24.0 Å². The third-order valence-corrected chi connectivity index (χ3v) is 4.81. The van der Waals surface area contributed by atoms with E-state index in [-0.39, 0.29) is 29.5 Å². The third kappa shape index (κ3) is 5.34. The van der Waals surface area contributed by atoms with Crippen molar-refractivity contribution in [2.24, 2.45) is 4.99 Å². The highest BCUT2D eigenvalue weighted by molar-refractivity contribution is 14.0. The molecule has 0 unspecified atom stereocenters. The lowest BCUT2D eigenvalue weighted by Gasteiger charge is -2.41. The first-order chi connectivity index (χ1) is 12.1. The van der Waals surface area contributed by atoms with Gasteiger partial charge in [0.25, 0.3) is 0 Å². The summed E-state index contributed by atoms with van der Waals surface area (Å²) in [6.07, 6.45) is 0. The quantitative estimate of drug-likeness (QED) is 0.357. The molecule has 26 heavy (non-hydrogen) atoms. The van der Waals surface area contributed by atoms with Gasteiger partial charge in [0, 0.05) is 43.4 Å². The number of para-hydroxylation sites is 1. The second-order valence-electron chi connectivity index (χ2n) is 7.07. The minimum Gasteiger partial charge on any atom is -0.379 e. The van der Waals surface area contributed by atoms with Gasteiger partial charge < -0.3 is 20.4 Å². The number of ether oxygens (including phenoxy) is 1. The summed E-state index contributed by atoms with van der Waals surface area (Å²) in [4.78, 5) is 10.2. The molecule has 1 fully saturated rings. The number of aromatic nitrogens is 1. The fourth-order valence-electron chi connectivity index (χ4n) is 3.21. The first-order valence-electron chi connectivity index (χ1n) is 8.92. The van der Waals surface area contributed by atoms with Crippen LogP contribution in [0.2, 0.25) is 0 Å². The molecule has 2 aromatic rings. The Morgan fingerprint density at radius 2 is 1.96 bits per heavy atom. The zero-order chi connectivity index (χ0) is 17.7. The van der Waals surface area contributed by atoms with Crippen LogP contribution in [0.3, 0.4) is 0 Å². The van der Waals surface area contributed by atoms with E-state index < -0.39 is 0 Å². The number of halogens is 1. The van der Waals surface area contributed by atoms with Gasteiger partial charge in [-0.2, -0.15) is 0 Å². The highest BCUT2D eigenvalue weighted by atomic mass is 127. The largest absolute Gasteiger partial charge is 0.379 e. The number of nitrogens with one attached hydrogen (secondary N) is 3. The number of hydrogen-bond donors (Lipinski definition) is 3. The molecule has 3 N–H and O–H groups in total. The number of guanidine groups is 1. The van der Waals surface area contributed by atoms with Crippen LogP contribution in [-0.4, -0.2) is 61.3 Å². The summed E-state index contributed by atoms with van der Waals surface area (Å²) < 4.78 is 5.45. The van der Waals surface area contributed by atoms with Crippen molar-refractivity contribution < 1.29 is 4.74 Å². The van der Waals surface area contributed by atoms with Gasteiger partial charge in [0.05, 0.1) is 19.8 Å². The Balaban J connectivity index is 0.00000243. The molecule has 0 radical (unpaired) electrons. The van der Waals surface area contributed by atoms with E-state index in [1.54, 1.807) is 0 Å². The Bertz CT molecular complexity index is 689. The summed E-state index contributed by atoms with van der Waals surface area (Å²) in [6, 6.07) is 10.5. The van der Waals surface area contributed by atoms with Gasteiger partial charge in [-0.1, -0.05) is 18.2 Å². The molecule has 1 aliphatic heterocycles. The standard InChI is InChI=1S/C19H29N5O.HI/c1-19(2,24-8-10-25-11-9-24)14-22-18(20-3)21-13-16-12-15-6-4-5-7-17(15)23-16;/h4-7,12,23H,8-11,13-14H2,1-3H3,(H2,20,21,22);1H. The minimum absolute atomic E-state index is 0. The summed E-state index contributed by atoms with van der Waals surface area (Å²) in [5.74, 6) is 0.819. The van der Waals surface area contributed by atoms with Crippen LogP contribution in [0.5, 0.6) is 0 Å². The number of benzene rings is 1. The van der Waals surface area contributed by atoms with Gasteiger partial charge in [-0.3, -0.25) is 9.89 Å². The molecule has 0 aliphatic carbocycles. The Kier molecular flexibility index (Phi) is 7.72. The van der Waals surface area contributed by atoms with Crippen molar-refractivity contribution in [3.05, 3.63) is 36.0 Å². The van der Waals surface area contributed by atoms with E-state index in [1.165, 1.54) is 5.39 Å². The summed E-state index contributed by atoms with van der Waals surface area (Å²) in [5, 5.41) is 8.07. The van der Waals surface area contributed by atoms with Gasteiger partial charge in [-0.05, 0) is 31.4 Å². The number of hydrogen-bond acceptors (Lipinski definition) is 3. The Labute approximate surface area is 172 Å². The Morgan fingerprint density at radius 3 is 2.65 bits per heavy atom. The predicted molar refractivity (Wildman–Crippen MR) is 118 cm³/mol. The second kappa shape index (κ2) is 9.57. The number of nitrogens with zero attached hydrogens (tertiary/aromatic N) is 2. The number of aliphatic imine (C=N–C) groups is 1. The molecule has 0 bridgehead atoms. The van der Waals surface area contributed by atoms with Crippen molar-refractivity contribution in [1.82, 2.24) is 20.5 Å². The summed E-state index contributed by atoms with van der Waals surface area (Å²) in [7, 11) is 1.81. The molecule has 0 spiro atoms. The van der Waals surface area contributed by atoms with Gasteiger partial charge in [-0.25, -0.2) is 0 Å². The number of rotatable bonds is 5. The highest BCUT2D eigenvalue weighted by Crippen LogP contribution is 2.16. The molecular formula is C19H30IN5O. The zero-order valence-electron chi connectivity index (χ0n) is 15.8. The van der Waals surface area contributed by atoms with Crippen molar-refractivity contribution in [1.29, 1.82) is 0 Å². The minimum atomic E-state index is 0. The monoisotopic (exact) mass is 471 g/mol. The molecule has 0 atom stereocenters. The fraction of sp³-hybridized carbons (Fsp3) is 0.526. The van der Waals surface area contributed by atoms with Crippen molar-refractivity contribution in [2.45, 2.75) is 25.9 Å². The van der Waals surface area contributed by atoms with E-state index in [0.29, 0.717) is 6.54 Å². The van der Waals surface area contributed by atoms with Gasteiger partial charge in [0.1, 0.15) is 0 Å². The first-order valence-corrected chi connectivity index (χ1v) is 8.92. The topological polar surface area (TPSA) is 64.7 Å². The van der Waals surface area contributed by atoms with Crippen molar-refractivity contribution in [3.8, 4) is 0 Å². The average Bonchev–Trinajstić information content (AvgIpc) is 3.05. The first kappa shape index (κ1) is 21.0. The van der Waals surface area contributed by atoms with Crippen molar-refractivity contribution in [3.63, 3.8) is 0 Å². The maximum absolute atomic E-state index is 5.45. The smallest absolute Gasteiger partial charge is 0.191 e. The lowest BCUT2D eigenvalue weighted by Crippen LogP contribution is -2.56. The zero-order valence-corrected chi connectivity index (χ0v) is 18.2. The van der Waals surface area contributed by atoms with E-state index in [4.69, 9.17) is 4.74 Å². The van der Waals surface area contributed by atoms with Crippen LogP contribution in [0.4, 0.5) is 0 Å². The molecule has 144 valence electrons. The van der Waals surface area contributed by atoms with Crippen LogP contribution in [0, 0.1) is 0 Å². The van der Waals surface area contributed by atoms with E-state index in [1.807, 2.05) is 13.1 Å². The van der Waals surface area contributed by atoms with Crippen LogP contribution in [-0.2, 0) is 11.3 Å². The molecule has 7 heteroatoms. The Morgan fingerprint density at radius 1 is 1.23 bits per heavy atom. The Hall–Kier alpha value is -1.32. The van der Waals surface area contributed by atoms with Crippen LogP contribution in [0.1, 0.15) is 19.5 Å². The van der Waals surface area contributed by atoms with E-state index in [9.17, 15) is 0 Å². The van der Waals surface area contributed by atoms with E-state index in [0.717, 1.165) is 50.0 Å². The van der Waals surface area contributed by atoms with E-state index in [2.05, 4.69) is 63.6 Å². The molecule has 2 heterocycles. The second-order valence-corrected chi connectivity index (χ2v) is 7.07. The maximum Gasteiger partial charge on any atom is 0.191 e. The van der Waals surface area contributed by atoms with Crippen LogP contribution < -0.4 is 10.6 Å². The lowest BCUT2D eigenvalue weighted by atomic mass is 10.0. The number of H-pyrrole nitrogens is 1. The fourth-order valence-corrected chi connectivity index (χ4v) is 3.21. The number of fused-ring (bicyclic) bond motifs is 1. The molecule has 6 nitrogen and oxygen atoms in total. The summed E-state index contributed by atoms with van der Waals surface area (Å²) >= 11 is 0.